The number of methoxy groups -OCH3 is 1. The lowest BCUT2D eigenvalue weighted by atomic mass is 10.0. The maximum atomic E-state index is 13.6. The van der Waals surface area contributed by atoms with Crippen molar-refractivity contribution < 1.29 is 23.8 Å². The number of carbonyl (C=O) groups excluding carboxylic acids is 2. The fourth-order valence-corrected chi connectivity index (χ4v) is 5.24. The van der Waals surface area contributed by atoms with Gasteiger partial charge in [0.25, 0.3) is 0 Å². The van der Waals surface area contributed by atoms with E-state index in [4.69, 9.17) is 19.2 Å². The summed E-state index contributed by atoms with van der Waals surface area (Å²) in [5.41, 5.74) is 2.87. The average Bonchev–Trinajstić information content (AvgIpc) is 2.97. The molecule has 0 bridgehead atoms. The Morgan fingerprint density at radius 1 is 1.15 bits per heavy atom. The number of ether oxygens (including phenoxy) is 3. The highest BCUT2D eigenvalue weighted by Gasteiger charge is 2.38. The van der Waals surface area contributed by atoms with Gasteiger partial charge in [-0.3, -0.25) is 9.69 Å². The first kappa shape index (κ1) is 27.7. The fourth-order valence-electron chi connectivity index (χ4n) is 5.24. The molecule has 12 heteroatoms. The average molecular weight is 552 g/mol. The van der Waals surface area contributed by atoms with Crippen LogP contribution in [0, 0.1) is 0 Å². The quantitative estimate of drug-likeness (QED) is 0.475. The molecular formula is C28H37N7O5. The van der Waals surface area contributed by atoms with E-state index in [1.165, 1.54) is 6.08 Å². The first-order valence-electron chi connectivity index (χ1n) is 13.7. The Hall–Kier alpha value is -3.90. The second-order valence-corrected chi connectivity index (χ2v) is 10.2. The van der Waals surface area contributed by atoms with Crippen LogP contribution in [0.2, 0.25) is 0 Å². The number of hydrogen-bond donors (Lipinski definition) is 2. The van der Waals surface area contributed by atoms with Crippen molar-refractivity contribution in [3.8, 4) is 5.75 Å². The summed E-state index contributed by atoms with van der Waals surface area (Å²) in [6.45, 7) is 11.8. The van der Waals surface area contributed by atoms with Crippen molar-refractivity contribution in [1.29, 1.82) is 0 Å². The number of amides is 3. The SMILES string of the molecule is C=CC(=O)Nc1cc(Nc2ncc3c(n2)N(C2CCOCC2)C(=O)N(C(C)C)C3)c(OC)cc1N1CCOCC1. The van der Waals surface area contributed by atoms with E-state index < -0.39 is 0 Å². The zero-order chi connectivity index (χ0) is 28.2. The topological polar surface area (TPSA) is 121 Å². The van der Waals surface area contributed by atoms with Crippen molar-refractivity contribution in [2.75, 3.05) is 67.1 Å². The van der Waals surface area contributed by atoms with Crippen LogP contribution in [0.1, 0.15) is 32.3 Å². The van der Waals surface area contributed by atoms with Crippen LogP contribution in [0.3, 0.4) is 0 Å². The molecule has 1 aromatic heterocycles. The molecule has 2 fully saturated rings. The lowest BCUT2D eigenvalue weighted by Crippen LogP contribution is -2.55. The number of fused-ring (bicyclic) bond motifs is 1. The predicted molar refractivity (Wildman–Crippen MR) is 153 cm³/mol. The van der Waals surface area contributed by atoms with Crippen molar-refractivity contribution >= 4 is 40.8 Å². The molecule has 40 heavy (non-hydrogen) atoms. The van der Waals surface area contributed by atoms with Gasteiger partial charge >= 0.3 is 6.03 Å². The first-order chi connectivity index (χ1) is 19.4. The van der Waals surface area contributed by atoms with Crippen molar-refractivity contribution in [2.45, 2.75) is 45.3 Å². The Kier molecular flexibility index (Phi) is 8.36. The second-order valence-electron chi connectivity index (χ2n) is 10.2. The summed E-state index contributed by atoms with van der Waals surface area (Å²) in [5, 5.41) is 6.17. The van der Waals surface area contributed by atoms with E-state index in [2.05, 4.69) is 27.1 Å². The van der Waals surface area contributed by atoms with Gasteiger partial charge in [-0.15, -0.1) is 0 Å². The van der Waals surface area contributed by atoms with E-state index in [1.54, 1.807) is 19.4 Å². The van der Waals surface area contributed by atoms with E-state index in [0.717, 1.165) is 24.1 Å². The standard InChI is InChI=1S/C28H37N7O5/c1-5-25(36)30-21-14-22(24(38-4)15-23(21)33-8-12-40-13-9-33)31-27-29-16-19-17-34(18(2)3)28(37)35(26(19)32-27)20-6-10-39-11-7-20/h5,14-16,18,20H,1,6-13,17H2,2-4H3,(H,30,36)(H,29,31,32). The smallest absolute Gasteiger partial charge is 0.326 e. The van der Waals surface area contributed by atoms with Crippen LogP contribution >= 0.6 is 0 Å². The van der Waals surface area contributed by atoms with Crippen LogP contribution in [-0.2, 0) is 20.8 Å². The number of carbonyl (C=O) groups is 2. The molecule has 1 aromatic carbocycles. The van der Waals surface area contributed by atoms with Crippen molar-refractivity contribution in [2.24, 2.45) is 0 Å². The predicted octanol–water partition coefficient (Wildman–Crippen LogP) is 3.52. The molecule has 2 saturated heterocycles. The van der Waals surface area contributed by atoms with Crippen molar-refractivity contribution in [1.82, 2.24) is 14.9 Å². The molecule has 0 atom stereocenters. The van der Waals surface area contributed by atoms with Gasteiger partial charge in [-0.2, -0.15) is 4.98 Å². The number of benzene rings is 1. The Balaban J connectivity index is 1.51. The summed E-state index contributed by atoms with van der Waals surface area (Å²) >= 11 is 0. The van der Waals surface area contributed by atoms with E-state index in [-0.39, 0.29) is 24.0 Å². The third-order valence-corrected chi connectivity index (χ3v) is 7.40. The first-order valence-corrected chi connectivity index (χ1v) is 13.7. The maximum Gasteiger partial charge on any atom is 0.326 e. The molecule has 0 radical (unpaired) electrons. The number of anilines is 5. The van der Waals surface area contributed by atoms with Crippen LogP contribution in [0.5, 0.6) is 5.75 Å². The van der Waals surface area contributed by atoms with Gasteiger partial charge in [-0.05, 0) is 38.8 Å². The molecule has 2 aromatic rings. The minimum absolute atomic E-state index is 0.00707. The summed E-state index contributed by atoms with van der Waals surface area (Å²) in [4.78, 5) is 41.1. The number of nitrogens with one attached hydrogen (secondary N) is 2. The van der Waals surface area contributed by atoms with E-state index in [1.807, 2.05) is 29.7 Å². The van der Waals surface area contributed by atoms with Gasteiger partial charge in [0.05, 0.1) is 43.9 Å². The van der Waals surface area contributed by atoms with Gasteiger partial charge in [0.15, 0.2) is 0 Å². The summed E-state index contributed by atoms with van der Waals surface area (Å²) in [5.74, 6) is 1.16. The summed E-state index contributed by atoms with van der Waals surface area (Å²) in [6, 6.07) is 3.66. The molecule has 3 amide bonds. The minimum Gasteiger partial charge on any atom is -0.494 e. The number of hydrogen-bond acceptors (Lipinski definition) is 9. The van der Waals surface area contributed by atoms with Crippen molar-refractivity contribution in [3.63, 3.8) is 0 Å². The molecule has 0 aliphatic carbocycles. The van der Waals surface area contributed by atoms with E-state index in [9.17, 15) is 9.59 Å². The van der Waals surface area contributed by atoms with Gasteiger partial charge in [0.1, 0.15) is 11.6 Å². The zero-order valence-corrected chi connectivity index (χ0v) is 23.3. The molecule has 214 valence electrons. The summed E-state index contributed by atoms with van der Waals surface area (Å²) in [6.07, 6.45) is 4.49. The molecule has 5 rings (SSSR count). The molecule has 0 unspecified atom stereocenters. The molecule has 3 aliphatic heterocycles. The molecule has 0 spiro atoms. The monoisotopic (exact) mass is 551 g/mol. The van der Waals surface area contributed by atoms with Crippen LogP contribution < -0.4 is 25.2 Å². The fraction of sp³-hybridized carbons (Fsp3) is 0.500. The molecular weight excluding hydrogens is 514 g/mol. The highest BCUT2D eigenvalue weighted by atomic mass is 16.5. The molecule has 2 N–H and O–H groups in total. The van der Waals surface area contributed by atoms with Gasteiger partial charge in [-0.1, -0.05) is 6.58 Å². The van der Waals surface area contributed by atoms with Gasteiger partial charge in [-0.25, -0.2) is 9.78 Å². The highest BCUT2D eigenvalue weighted by Crippen LogP contribution is 2.39. The Morgan fingerprint density at radius 2 is 1.88 bits per heavy atom. The maximum absolute atomic E-state index is 13.6. The number of aromatic nitrogens is 2. The lowest BCUT2D eigenvalue weighted by Gasteiger charge is -2.42. The van der Waals surface area contributed by atoms with E-state index >= 15 is 0 Å². The number of rotatable bonds is 8. The van der Waals surface area contributed by atoms with Crippen LogP contribution in [-0.4, -0.2) is 85.5 Å². The van der Waals surface area contributed by atoms with Gasteiger partial charge in [0, 0.05) is 56.2 Å². The van der Waals surface area contributed by atoms with E-state index in [0.29, 0.717) is 75.0 Å². The number of morpholine rings is 1. The van der Waals surface area contributed by atoms with Crippen LogP contribution in [0.15, 0.2) is 31.0 Å². The third kappa shape index (κ3) is 5.68. The second kappa shape index (κ2) is 12.1. The minimum atomic E-state index is -0.323. The van der Waals surface area contributed by atoms with Crippen molar-refractivity contribution in [3.05, 3.63) is 36.5 Å². The Bertz CT molecular complexity index is 1260. The lowest BCUT2D eigenvalue weighted by molar-refractivity contribution is -0.111. The highest BCUT2D eigenvalue weighted by molar-refractivity contribution is 6.02. The molecule has 12 nitrogen and oxygen atoms in total. The summed E-state index contributed by atoms with van der Waals surface area (Å²) in [7, 11) is 1.59. The van der Waals surface area contributed by atoms with Crippen LogP contribution in [0.25, 0.3) is 0 Å². The summed E-state index contributed by atoms with van der Waals surface area (Å²) < 4.78 is 16.8. The van der Waals surface area contributed by atoms with Gasteiger partial charge in [0.2, 0.25) is 11.9 Å². The molecule has 0 saturated carbocycles. The van der Waals surface area contributed by atoms with Crippen LogP contribution in [0.4, 0.5) is 33.6 Å². The van der Waals surface area contributed by atoms with Gasteiger partial charge < -0.3 is 34.6 Å². The largest absolute Gasteiger partial charge is 0.494 e. The third-order valence-electron chi connectivity index (χ3n) is 7.40. The number of nitrogens with zero attached hydrogens (tertiary/aromatic N) is 5. The number of urea groups is 1. The normalized spacial score (nSPS) is 18.0. The Morgan fingerprint density at radius 3 is 2.55 bits per heavy atom. The molecule has 4 heterocycles. The Labute approximate surface area is 234 Å². The molecule has 3 aliphatic rings. The zero-order valence-electron chi connectivity index (χ0n) is 23.3.